The monoisotopic (exact) mass is 250 g/mol. The van der Waals surface area contributed by atoms with E-state index in [0.29, 0.717) is 6.54 Å². The Morgan fingerprint density at radius 2 is 1.74 bits per heavy atom. The zero-order valence-electron chi connectivity index (χ0n) is 11.1. The number of rotatable bonds is 3. The SMILES string of the molecule is Cc1ccc(-c2ccc3c(CCN)c[nH]c3c2)cc1. The molecule has 0 amide bonds. The zero-order valence-corrected chi connectivity index (χ0v) is 11.1. The fourth-order valence-corrected chi connectivity index (χ4v) is 2.47. The molecule has 3 aromatic rings. The number of aromatic amines is 1. The molecule has 0 fully saturated rings. The topological polar surface area (TPSA) is 41.8 Å². The van der Waals surface area contributed by atoms with Gasteiger partial charge in [-0.25, -0.2) is 0 Å². The van der Waals surface area contributed by atoms with E-state index in [0.717, 1.165) is 6.42 Å². The third kappa shape index (κ3) is 2.27. The third-order valence-corrected chi connectivity index (χ3v) is 3.57. The van der Waals surface area contributed by atoms with Crippen LogP contribution in [-0.2, 0) is 6.42 Å². The van der Waals surface area contributed by atoms with Gasteiger partial charge in [0.1, 0.15) is 0 Å². The lowest BCUT2D eigenvalue weighted by Crippen LogP contribution is -2.01. The van der Waals surface area contributed by atoms with Crippen molar-refractivity contribution < 1.29 is 0 Å². The van der Waals surface area contributed by atoms with E-state index in [-0.39, 0.29) is 0 Å². The van der Waals surface area contributed by atoms with Gasteiger partial charge in [-0.05, 0) is 42.6 Å². The molecule has 0 spiro atoms. The molecule has 1 heterocycles. The molecule has 0 saturated heterocycles. The van der Waals surface area contributed by atoms with Crippen molar-refractivity contribution in [2.45, 2.75) is 13.3 Å². The van der Waals surface area contributed by atoms with E-state index in [9.17, 15) is 0 Å². The molecule has 96 valence electrons. The standard InChI is InChI=1S/C17H18N2/c1-12-2-4-13(5-3-12)14-6-7-16-15(8-9-18)11-19-17(16)10-14/h2-7,10-11,19H,8-9,18H2,1H3. The number of fused-ring (bicyclic) bond motifs is 1. The Morgan fingerprint density at radius 3 is 2.47 bits per heavy atom. The summed E-state index contributed by atoms with van der Waals surface area (Å²) in [5, 5.41) is 1.28. The van der Waals surface area contributed by atoms with Crippen LogP contribution in [0.3, 0.4) is 0 Å². The van der Waals surface area contributed by atoms with Crippen molar-refractivity contribution in [1.82, 2.24) is 4.98 Å². The maximum absolute atomic E-state index is 5.63. The Morgan fingerprint density at radius 1 is 1.00 bits per heavy atom. The van der Waals surface area contributed by atoms with E-state index >= 15 is 0 Å². The molecule has 19 heavy (non-hydrogen) atoms. The Balaban J connectivity index is 2.04. The lowest BCUT2D eigenvalue weighted by Gasteiger charge is -2.03. The van der Waals surface area contributed by atoms with Crippen LogP contribution in [0.2, 0.25) is 0 Å². The first-order chi connectivity index (χ1) is 9.28. The fourth-order valence-electron chi connectivity index (χ4n) is 2.47. The number of benzene rings is 2. The summed E-state index contributed by atoms with van der Waals surface area (Å²) >= 11 is 0. The first-order valence-electron chi connectivity index (χ1n) is 6.65. The molecular weight excluding hydrogens is 232 g/mol. The predicted molar refractivity (Wildman–Crippen MR) is 81.2 cm³/mol. The minimum absolute atomic E-state index is 0.687. The molecule has 0 unspecified atom stereocenters. The minimum Gasteiger partial charge on any atom is -0.361 e. The zero-order chi connectivity index (χ0) is 13.2. The first-order valence-corrected chi connectivity index (χ1v) is 6.65. The predicted octanol–water partition coefficient (Wildman–Crippen LogP) is 3.64. The van der Waals surface area contributed by atoms with Gasteiger partial charge >= 0.3 is 0 Å². The van der Waals surface area contributed by atoms with Crippen LogP contribution >= 0.6 is 0 Å². The highest BCUT2D eigenvalue weighted by atomic mass is 14.7. The van der Waals surface area contributed by atoms with Crippen LogP contribution in [0.5, 0.6) is 0 Å². The van der Waals surface area contributed by atoms with E-state index in [4.69, 9.17) is 5.73 Å². The highest BCUT2D eigenvalue weighted by molar-refractivity contribution is 5.87. The number of hydrogen-bond acceptors (Lipinski definition) is 1. The average molecular weight is 250 g/mol. The van der Waals surface area contributed by atoms with E-state index < -0.39 is 0 Å². The summed E-state index contributed by atoms with van der Waals surface area (Å²) in [5.41, 5.74) is 11.9. The molecule has 3 rings (SSSR count). The Hall–Kier alpha value is -2.06. The Kier molecular flexibility index (Phi) is 3.10. The number of nitrogens with one attached hydrogen (secondary N) is 1. The molecule has 1 aromatic heterocycles. The quantitative estimate of drug-likeness (QED) is 0.732. The second-order valence-electron chi connectivity index (χ2n) is 4.98. The minimum atomic E-state index is 0.687. The fraction of sp³-hybridized carbons (Fsp3) is 0.176. The number of nitrogens with two attached hydrogens (primary N) is 1. The van der Waals surface area contributed by atoms with Gasteiger partial charge in [0.05, 0.1) is 0 Å². The number of aromatic nitrogens is 1. The lowest BCUT2D eigenvalue weighted by molar-refractivity contribution is 0.976. The van der Waals surface area contributed by atoms with Crippen molar-refractivity contribution in [1.29, 1.82) is 0 Å². The van der Waals surface area contributed by atoms with Gasteiger partial charge in [0, 0.05) is 17.1 Å². The largest absolute Gasteiger partial charge is 0.361 e. The van der Waals surface area contributed by atoms with Gasteiger partial charge < -0.3 is 10.7 Å². The van der Waals surface area contributed by atoms with Crippen molar-refractivity contribution in [2.75, 3.05) is 6.54 Å². The van der Waals surface area contributed by atoms with Crippen LogP contribution in [0.15, 0.2) is 48.7 Å². The molecule has 0 aliphatic heterocycles. The highest BCUT2D eigenvalue weighted by Crippen LogP contribution is 2.26. The molecule has 0 saturated carbocycles. The molecule has 0 atom stereocenters. The Labute approximate surface area is 113 Å². The summed E-state index contributed by atoms with van der Waals surface area (Å²) in [6.07, 6.45) is 2.99. The second kappa shape index (κ2) is 4.90. The van der Waals surface area contributed by atoms with Crippen LogP contribution in [-0.4, -0.2) is 11.5 Å². The van der Waals surface area contributed by atoms with Gasteiger partial charge in [0.25, 0.3) is 0 Å². The smallest absolute Gasteiger partial charge is 0.0463 e. The van der Waals surface area contributed by atoms with Gasteiger partial charge in [0.2, 0.25) is 0 Å². The molecule has 2 aromatic carbocycles. The maximum Gasteiger partial charge on any atom is 0.0463 e. The van der Waals surface area contributed by atoms with Crippen LogP contribution in [0.25, 0.3) is 22.0 Å². The van der Waals surface area contributed by atoms with Gasteiger partial charge in [0.15, 0.2) is 0 Å². The van der Waals surface area contributed by atoms with Crippen molar-refractivity contribution in [3.8, 4) is 11.1 Å². The highest BCUT2D eigenvalue weighted by Gasteiger charge is 2.05. The van der Waals surface area contributed by atoms with Crippen molar-refractivity contribution in [3.05, 3.63) is 59.8 Å². The third-order valence-electron chi connectivity index (χ3n) is 3.57. The van der Waals surface area contributed by atoms with Gasteiger partial charge in [-0.3, -0.25) is 0 Å². The molecule has 2 nitrogen and oxygen atoms in total. The van der Waals surface area contributed by atoms with Gasteiger partial charge in [-0.1, -0.05) is 42.0 Å². The summed E-state index contributed by atoms with van der Waals surface area (Å²) < 4.78 is 0. The van der Waals surface area contributed by atoms with Crippen molar-refractivity contribution in [3.63, 3.8) is 0 Å². The number of aryl methyl sites for hydroxylation is 1. The van der Waals surface area contributed by atoms with Crippen LogP contribution in [0.1, 0.15) is 11.1 Å². The van der Waals surface area contributed by atoms with E-state index in [1.807, 2.05) is 0 Å². The van der Waals surface area contributed by atoms with Gasteiger partial charge in [-0.2, -0.15) is 0 Å². The maximum atomic E-state index is 5.63. The second-order valence-corrected chi connectivity index (χ2v) is 4.98. The van der Waals surface area contributed by atoms with E-state index in [2.05, 4.69) is 60.6 Å². The van der Waals surface area contributed by atoms with Crippen molar-refractivity contribution >= 4 is 10.9 Å². The summed E-state index contributed by atoms with van der Waals surface area (Å²) in [4.78, 5) is 3.34. The van der Waals surface area contributed by atoms with Crippen LogP contribution < -0.4 is 5.73 Å². The van der Waals surface area contributed by atoms with E-state index in [1.54, 1.807) is 0 Å². The summed E-state index contributed by atoms with van der Waals surface area (Å²) in [7, 11) is 0. The van der Waals surface area contributed by atoms with Crippen LogP contribution in [0, 0.1) is 6.92 Å². The van der Waals surface area contributed by atoms with Gasteiger partial charge in [-0.15, -0.1) is 0 Å². The van der Waals surface area contributed by atoms with E-state index in [1.165, 1.54) is 33.2 Å². The summed E-state index contributed by atoms with van der Waals surface area (Å²) in [6.45, 7) is 2.80. The molecular formula is C17H18N2. The Bertz CT molecular complexity index is 693. The molecule has 0 bridgehead atoms. The van der Waals surface area contributed by atoms with Crippen molar-refractivity contribution in [2.24, 2.45) is 5.73 Å². The number of H-pyrrole nitrogens is 1. The first kappa shape index (κ1) is 12.0. The molecule has 3 N–H and O–H groups in total. The lowest BCUT2D eigenvalue weighted by atomic mass is 10.0. The molecule has 0 radical (unpaired) electrons. The molecule has 0 aliphatic rings. The summed E-state index contributed by atoms with van der Waals surface area (Å²) in [5.74, 6) is 0. The average Bonchev–Trinajstić information content (AvgIpc) is 2.83. The summed E-state index contributed by atoms with van der Waals surface area (Å²) in [6, 6.07) is 15.2. The molecule has 0 aliphatic carbocycles. The normalized spacial score (nSPS) is 11.1. The molecule has 2 heteroatoms. The number of hydrogen-bond donors (Lipinski definition) is 2. The van der Waals surface area contributed by atoms with Crippen LogP contribution in [0.4, 0.5) is 0 Å².